The van der Waals surface area contributed by atoms with Crippen molar-refractivity contribution in [1.82, 2.24) is 0 Å². The molecule has 1 rings (SSSR count). The Hall–Kier alpha value is -0.860. The summed E-state index contributed by atoms with van der Waals surface area (Å²) in [6, 6.07) is 7.04. The van der Waals surface area contributed by atoms with Gasteiger partial charge in [0.25, 0.3) is 0 Å². The van der Waals surface area contributed by atoms with E-state index in [1.165, 1.54) is 0 Å². The normalized spacial score (nSPS) is 12.5. The van der Waals surface area contributed by atoms with E-state index >= 15 is 0 Å². The van der Waals surface area contributed by atoms with Crippen LogP contribution in [-0.2, 0) is 0 Å². The highest BCUT2D eigenvalue weighted by atomic mass is 35.5. The summed E-state index contributed by atoms with van der Waals surface area (Å²) >= 11 is 5.82. The van der Waals surface area contributed by atoms with Gasteiger partial charge in [-0.15, -0.1) is 0 Å². The van der Waals surface area contributed by atoms with Crippen molar-refractivity contribution in [1.29, 1.82) is 0 Å². The largest absolute Gasteiger partial charge is 0.330 e. The van der Waals surface area contributed by atoms with Gasteiger partial charge in [-0.1, -0.05) is 37.1 Å². The van der Waals surface area contributed by atoms with Crippen molar-refractivity contribution in [3.8, 4) is 0 Å². The van der Waals surface area contributed by atoms with Crippen molar-refractivity contribution in [3.05, 3.63) is 34.9 Å². The summed E-state index contributed by atoms with van der Waals surface area (Å²) in [6.45, 7) is 2.60. The molecule has 0 aliphatic rings. The molecule has 0 saturated heterocycles. The van der Waals surface area contributed by atoms with Gasteiger partial charge in [-0.2, -0.15) is 0 Å². The molecule has 1 unspecified atom stereocenters. The molecule has 15 heavy (non-hydrogen) atoms. The molecule has 0 amide bonds. The first kappa shape index (κ1) is 12.2. The summed E-state index contributed by atoms with van der Waals surface area (Å²) in [5.41, 5.74) is 6.24. The number of carbonyl (C=O) groups is 1. The van der Waals surface area contributed by atoms with Crippen LogP contribution in [0.15, 0.2) is 24.3 Å². The minimum atomic E-state index is 0.120. The molecule has 82 valence electrons. The van der Waals surface area contributed by atoms with Gasteiger partial charge in [0.05, 0.1) is 0 Å². The molecule has 1 aromatic carbocycles. The summed E-state index contributed by atoms with van der Waals surface area (Å²) in [5, 5.41) is 0.599. The summed E-state index contributed by atoms with van der Waals surface area (Å²) in [6.07, 6.45) is 1.44. The molecule has 0 aliphatic carbocycles. The lowest BCUT2D eigenvalue weighted by Gasteiger charge is -2.10. The fraction of sp³-hybridized carbons (Fsp3) is 0.417. The lowest BCUT2D eigenvalue weighted by atomic mass is 9.96. The zero-order valence-electron chi connectivity index (χ0n) is 8.87. The van der Waals surface area contributed by atoms with Crippen molar-refractivity contribution in [2.75, 3.05) is 6.54 Å². The fourth-order valence-electron chi connectivity index (χ4n) is 1.44. The monoisotopic (exact) mass is 225 g/mol. The van der Waals surface area contributed by atoms with E-state index in [1.807, 2.05) is 6.92 Å². The van der Waals surface area contributed by atoms with E-state index in [0.717, 1.165) is 6.42 Å². The third-order valence-corrected chi connectivity index (χ3v) is 2.77. The Morgan fingerprint density at radius 2 is 2.27 bits per heavy atom. The third kappa shape index (κ3) is 3.65. The van der Waals surface area contributed by atoms with Gasteiger partial charge >= 0.3 is 0 Å². The van der Waals surface area contributed by atoms with Gasteiger partial charge in [0.15, 0.2) is 5.78 Å². The average Bonchev–Trinajstić information content (AvgIpc) is 2.25. The maximum Gasteiger partial charge on any atom is 0.163 e. The number of halogens is 1. The molecule has 2 nitrogen and oxygen atoms in total. The van der Waals surface area contributed by atoms with Crippen molar-refractivity contribution >= 4 is 17.4 Å². The first-order valence-corrected chi connectivity index (χ1v) is 5.54. The Bertz CT molecular complexity index is 334. The van der Waals surface area contributed by atoms with Crippen LogP contribution in [0.5, 0.6) is 0 Å². The van der Waals surface area contributed by atoms with Gasteiger partial charge in [0.1, 0.15) is 0 Å². The zero-order chi connectivity index (χ0) is 11.3. The van der Waals surface area contributed by atoms with E-state index < -0.39 is 0 Å². The van der Waals surface area contributed by atoms with Crippen LogP contribution in [0.4, 0.5) is 0 Å². The molecule has 2 N–H and O–H groups in total. The fourth-order valence-corrected chi connectivity index (χ4v) is 1.63. The van der Waals surface area contributed by atoms with E-state index in [4.69, 9.17) is 17.3 Å². The summed E-state index contributed by atoms with van der Waals surface area (Å²) in [4.78, 5) is 11.8. The molecule has 0 radical (unpaired) electrons. The molecule has 1 atom stereocenters. The number of carbonyl (C=O) groups excluding carboxylic acids is 1. The number of nitrogens with two attached hydrogens (primary N) is 1. The van der Waals surface area contributed by atoms with Crippen molar-refractivity contribution < 1.29 is 4.79 Å². The molecule has 0 aliphatic heterocycles. The van der Waals surface area contributed by atoms with Crippen LogP contribution in [0.1, 0.15) is 30.1 Å². The number of hydrogen-bond acceptors (Lipinski definition) is 2. The van der Waals surface area contributed by atoms with Crippen LogP contribution in [0.3, 0.4) is 0 Å². The van der Waals surface area contributed by atoms with E-state index in [2.05, 4.69) is 0 Å². The summed E-state index contributed by atoms with van der Waals surface area (Å²) in [7, 11) is 0. The van der Waals surface area contributed by atoms with E-state index in [9.17, 15) is 4.79 Å². The smallest absolute Gasteiger partial charge is 0.163 e. The van der Waals surface area contributed by atoms with Crippen LogP contribution in [0.2, 0.25) is 5.02 Å². The van der Waals surface area contributed by atoms with Crippen LogP contribution in [0.25, 0.3) is 0 Å². The molecular weight excluding hydrogens is 210 g/mol. The lowest BCUT2D eigenvalue weighted by molar-refractivity contribution is 0.0961. The van der Waals surface area contributed by atoms with Crippen molar-refractivity contribution in [2.45, 2.75) is 19.8 Å². The molecule has 0 bridgehead atoms. The second kappa shape index (κ2) is 5.89. The molecule has 3 heteroatoms. The Morgan fingerprint density at radius 3 is 2.80 bits per heavy atom. The highest BCUT2D eigenvalue weighted by molar-refractivity contribution is 6.31. The second-order valence-corrected chi connectivity index (χ2v) is 4.08. The number of benzene rings is 1. The van der Waals surface area contributed by atoms with Gasteiger partial charge in [0.2, 0.25) is 0 Å². The van der Waals surface area contributed by atoms with Crippen LogP contribution in [-0.4, -0.2) is 12.3 Å². The van der Waals surface area contributed by atoms with Crippen LogP contribution in [0, 0.1) is 5.92 Å². The lowest BCUT2D eigenvalue weighted by Crippen LogP contribution is -2.17. The Morgan fingerprint density at radius 1 is 1.53 bits per heavy atom. The molecular formula is C12H16ClNO. The van der Waals surface area contributed by atoms with Gasteiger partial charge in [-0.05, 0) is 24.6 Å². The third-order valence-electron chi connectivity index (χ3n) is 2.53. The standard InChI is InChI=1S/C12H16ClNO/c1-2-9(8-14)6-12(15)10-4-3-5-11(13)7-10/h3-5,7,9H,2,6,8,14H2,1H3. The zero-order valence-corrected chi connectivity index (χ0v) is 9.63. The molecule has 0 saturated carbocycles. The van der Waals surface area contributed by atoms with Crippen LogP contribution < -0.4 is 5.73 Å². The minimum absolute atomic E-state index is 0.120. The minimum Gasteiger partial charge on any atom is -0.330 e. The average molecular weight is 226 g/mol. The number of hydrogen-bond donors (Lipinski definition) is 1. The summed E-state index contributed by atoms with van der Waals surface area (Å²) in [5.74, 6) is 0.395. The number of ketones is 1. The van der Waals surface area contributed by atoms with Gasteiger partial charge in [-0.3, -0.25) is 4.79 Å². The Balaban J connectivity index is 2.68. The number of Topliss-reactive ketones (excluding diaryl/α,β-unsaturated/α-hetero) is 1. The Labute approximate surface area is 95.4 Å². The van der Waals surface area contributed by atoms with E-state index in [1.54, 1.807) is 24.3 Å². The first-order valence-electron chi connectivity index (χ1n) is 5.16. The van der Waals surface area contributed by atoms with E-state index in [-0.39, 0.29) is 11.7 Å². The van der Waals surface area contributed by atoms with Crippen LogP contribution >= 0.6 is 11.6 Å². The molecule has 0 spiro atoms. The predicted octanol–water partition coefficient (Wildman–Crippen LogP) is 2.90. The molecule has 0 heterocycles. The second-order valence-electron chi connectivity index (χ2n) is 3.65. The molecule has 0 aromatic heterocycles. The van der Waals surface area contributed by atoms with Crippen molar-refractivity contribution in [2.24, 2.45) is 11.7 Å². The topological polar surface area (TPSA) is 43.1 Å². The van der Waals surface area contributed by atoms with E-state index in [0.29, 0.717) is 23.6 Å². The number of rotatable bonds is 5. The predicted molar refractivity (Wildman–Crippen MR) is 63.2 cm³/mol. The SMILES string of the molecule is CCC(CN)CC(=O)c1cccc(Cl)c1. The molecule has 1 aromatic rings. The highest BCUT2D eigenvalue weighted by Crippen LogP contribution is 2.15. The maximum atomic E-state index is 11.8. The molecule has 0 fully saturated rings. The Kier molecular flexibility index (Phi) is 4.79. The maximum absolute atomic E-state index is 11.8. The highest BCUT2D eigenvalue weighted by Gasteiger charge is 2.12. The van der Waals surface area contributed by atoms with Gasteiger partial charge in [0, 0.05) is 17.0 Å². The van der Waals surface area contributed by atoms with Gasteiger partial charge < -0.3 is 5.73 Å². The van der Waals surface area contributed by atoms with Gasteiger partial charge in [-0.25, -0.2) is 0 Å². The first-order chi connectivity index (χ1) is 7.17. The quantitative estimate of drug-likeness (QED) is 0.783. The van der Waals surface area contributed by atoms with Crippen molar-refractivity contribution in [3.63, 3.8) is 0 Å². The summed E-state index contributed by atoms with van der Waals surface area (Å²) < 4.78 is 0.